The Bertz CT molecular complexity index is 709. The van der Waals surface area contributed by atoms with Crippen molar-refractivity contribution in [2.24, 2.45) is 5.41 Å². The number of aromatic nitrogens is 2. The Labute approximate surface area is 143 Å². The zero-order chi connectivity index (χ0) is 17.9. The summed E-state index contributed by atoms with van der Waals surface area (Å²) in [6.07, 6.45) is 0.0598. The molecule has 1 saturated heterocycles. The molecule has 1 aromatic heterocycles. The molecule has 8 heteroatoms. The quantitative estimate of drug-likeness (QED) is 0.894. The van der Waals surface area contributed by atoms with Gasteiger partial charge in [-0.05, 0) is 25.0 Å². The van der Waals surface area contributed by atoms with Crippen molar-refractivity contribution in [1.29, 1.82) is 0 Å². The molecule has 0 amide bonds. The van der Waals surface area contributed by atoms with Crippen LogP contribution in [0.3, 0.4) is 0 Å². The lowest BCUT2D eigenvalue weighted by Crippen LogP contribution is -2.37. The van der Waals surface area contributed by atoms with E-state index in [1.54, 1.807) is 18.5 Å². The van der Waals surface area contributed by atoms with Crippen molar-refractivity contribution in [3.8, 4) is 17.1 Å². The average molecular weight is 356 g/mol. The molecule has 1 aromatic carbocycles. The molecular formula is C17H19F3N2O3. The predicted octanol–water partition coefficient (Wildman–Crippen LogP) is 3.24. The highest BCUT2D eigenvalue weighted by molar-refractivity contribution is 5.58. The van der Waals surface area contributed by atoms with Crippen LogP contribution in [0.15, 0.2) is 36.7 Å². The lowest BCUT2D eigenvalue weighted by molar-refractivity contribution is -0.274. The number of imidazole rings is 1. The van der Waals surface area contributed by atoms with Crippen LogP contribution in [0.2, 0.25) is 0 Å². The zero-order valence-electron chi connectivity index (χ0n) is 13.5. The minimum Gasteiger partial charge on any atom is -0.406 e. The fraction of sp³-hybridized carbons (Fsp3) is 0.471. The highest BCUT2D eigenvalue weighted by atomic mass is 19.4. The van der Waals surface area contributed by atoms with Gasteiger partial charge in [0.2, 0.25) is 0 Å². The number of rotatable bonds is 5. The van der Waals surface area contributed by atoms with Gasteiger partial charge < -0.3 is 19.1 Å². The van der Waals surface area contributed by atoms with Crippen LogP contribution in [-0.2, 0) is 11.3 Å². The Morgan fingerprint density at radius 2 is 2.04 bits per heavy atom. The van der Waals surface area contributed by atoms with E-state index in [0.717, 1.165) is 12.8 Å². The smallest absolute Gasteiger partial charge is 0.406 e. The number of halogens is 3. The first-order valence-electron chi connectivity index (χ1n) is 7.97. The van der Waals surface area contributed by atoms with Gasteiger partial charge in [-0.3, -0.25) is 0 Å². The summed E-state index contributed by atoms with van der Waals surface area (Å²) >= 11 is 0. The lowest BCUT2D eigenvalue weighted by Gasteiger charge is -2.36. The molecule has 1 aliphatic heterocycles. The van der Waals surface area contributed by atoms with E-state index in [1.165, 1.54) is 18.2 Å². The van der Waals surface area contributed by atoms with Gasteiger partial charge in [0, 0.05) is 43.1 Å². The van der Waals surface area contributed by atoms with Crippen LogP contribution in [0, 0.1) is 5.41 Å². The topological polar surface area (TPSA) is 56.5 Å². The van der Waals surface area contributed by atoms with Crippen LogP contribution in [0.25, 0.3) is 11.4 Å². The molecule has 1 aliphatic rings. The number of aliphatic hydroxyl groups excluding tert-OH is 1. The number of ether oxygens (including phenoxy) is 2. The van der Waals surface area contributed by atoms with E-state index in [2.05, 4.69) is 9.72 Å². The molecule has 0 aliphatic carbocycles. The molecule has 0 atom stereocenters. The van der Waals surface area contributed by atoms with E-state index >= 15 is 0 Å². The van der Waals surface area contributed by atoms with Gasteiger partial charge in [0.15, 0.2) is 0 Å². The third kappa shape index (κ3) is 4.32. The summed E-state index contributed by atoms with van der Waals surface area (Å²) in [5, 5.41) is 9.84. The number of hydrogen-bond acceptors (Lipinski definition) is 4. The van der Waals surface area contributed by atoms with Gasteiger partial charge in [-0.15, -0.1) is 13.2 Å². The molecule has 0 unspecified atom stereocenters. The number of alkyl halides is 3. The van der Waals surface area contributed by atoms with E-state index in [4.69, 9.17) is 4.74 Å². The molecular weight excluding hydrogens is 337 g/mol. The van der Waals surface area contributed by atoms with Gasteiger partial charge in [0.05, 0.1) is 6.61 Å². The third-order valence-corrected chi connectivity index (χ3v) is 4.44. The summed E-state index contributed by atoms with van der Waals surface area (Å²) < 4.78 is 48.4. The first kappa shape index (κ1) is 17.8. The highest BCUT2D eigenvalue weighted by Crippen LogP contribution is 2.34. The van der Waals surface area contributed by atoms with Crippen molar-refractivity contribution >= 4 is 0 Å². The van der Waals surface area contributed by atoms with Gasteiger partial charge >= 0.3 is 6.36 Å². The van der Waals surface area contributed by atoms with Crippen molar-refractivity contribution in [1.82, 2.24) is 9.55 Å². The van der Waals surface area contributed by atoms with Crippen LogP contribution in [0.5, 0.6) is 5.75 Å². The van der Waals surface area contributed by atoms with Crippen LogP contribution in [0.1, 0.15) is 12.8 Å². The maximum absolute atomic E-state index is 12.4. The first-order chi connectivity index (χ1) is 11.9. The SMILES string of the molecule is OCC1(Cn2ccnc2-c2cccc(OC(F)(F)F)c2)CCOCC1. The fourth-order valence-electron chi connectivity index (χ4n) is 3.06. The molecule has 0 saturated carbocycles. The molecule has 1 N–H and O–H groups in total. The Morgan fingerprint density at radius 3 is 2.72 bits per heavy atom. The highest BCUT2D eigenvalue weighted by Gasteiger charge is 2.33. The van der Waals surface area contributed by atoms with Crippen LogP contribution >= 0.6 is 0 Å². The molecule has 5 nitrogen and oxygen atoms in total. The van der Waals surface area contributed by atoms with E-state index in [1.807, 2.05) is 4.57 Å². The maximum Gasteiger partial charge on any atom is 0.573 e. The predicted molar refractivity (Wildman–Crippen MR) is 83.9 cm³/mol. The summed E-state index contributed by atoms with van der Waals surface area (Å²) in [7, 11) is 0. The maximum atomic E-state index is 12.4. The third-order valence-electron chi connectivity index (χ3n) is 4.44. The molecule has 0 bridgehead atoms. The lowest BCUT2D eigenvalue weighted by atomic mass is 9.81. The molecule has 136 valence electrons. The second-order valence-electron chi connectivity index (χ2n) is 6.22. The molecule has 2 aromatic rings. The average Bonchev–Trinajstić information content (AvgIpc) is 3.02. The van der Waals surface area contributed by atoms with Crippen LogP contribution in [-0.4, -0.2) is 40.8 Å². The van der Waals surface area contributed by atoms with Crippen LogP contribution in [0.4, 0.5) is 13.2 Å². The molecule has 0 spiro atoms. The van der Waals surface area contributed by atoms with Gasteiger partial charge in [0.25, 0.3) is 0 Å². The summed E-state index contributed by atoms with van der Waals surface area (Å²) in [5.41, 5.74) is 0.209. The standard InChI is InChI=1S/C17H19F3N2O3/c18-17(19,20)25-14-3-1-2-13(10-14)15-21-6-7-22(15)11-16(12-23)4-8-24-9-5-16/h1-3,6-7,10,23H,4-5,8-9,11-12H2. The fourth-order valence-corrected chi connectivity index (χ4v) is 3.06. The number of nitrogens with zero attached hydrogens (tertiary/aromatic N) is 2. The Hall–Kier alpha value is -2.06. The largest absolute Gasteiger partial charge is 0.573 e. The summed E-state index contributed by atoms with van der Waals surface area (Å²) in [6, 6.07) is 5.73. The van der Waals surface area contributed by atoms with Gasteiger partial charge in [-0.25, -0.2) is 4.98 Å². The molecule has 25 heavy (non-hydrogen) atoms. The first-order valence-corrected chi connectivity index (χ1v) is 7.97. The normalized spacial score (nSPS) is 17.4. The summed E-state index contributed by atoms with van der Waals surface area (Å²) in [6.45, 7) is 1.71. The second-order valence-corrected chi connectivity index (χ2v) is 6.22. The van der Waals surface area contributed by atoms with E-state index < -0.39 is 6.36 Å². The minimum atomic E-state index is -4.74. The second kappa shape index (κ2) is 7.05. The van der Waals surface area contributed by atoms with E-state index in [0.29, 0.717) is 31.1 Å². The van der Waals surface area contributed by atoms with Crippen molar-refractivity contribution in [3.63, 3.8) is 0 Å². The van der Waals surface area contributed by atoms with Crippen molar-refractivity contribution in [2.75, 3.05) is 19.8 Å². The summed E-state index contributed by atoms with van der Waals surface area (Å²) in [4.78, 5) is 4.27. The van der Waals surface area contributed by atoms with Gasteiger partial charge in [-0.2, -0.15) is 0 Å². The van der Waals surface area contributed by atoms with Gasteiger partial charge in [-0.1, -0.05) is 12.1 Å². The molecule has 3 rings (SSSR count). The van der Waals surface area contributed by atoms with Gasteiger partial charge in [0.1, 0.15) is 11.6 Å². The number of hydrogen-bond donors (Lipinski definition) is 1. The van der Waals surface area contributed by atoms with E-state index in [9.17, 15) is 18.3 Å². The minimum absolute atomic E-state index is 0.0191. The van der Waals surface area contributed by atoms with Crippen molar-refractivity contribution < 1.29 is 27.8 Å². The number of aliphatic hydroxyl groups is 1. The van der Waals surface area contributed by atoms with Crippen molar-refractivity contribution in [3.05, 3.63) is 36.7 Å². The zero-order valence-corrected chi connectivity index (χ0v) is 13.5. The molecule has 0 radical (unpaired) electrons. The Kier molecular flexibility index (Phi) is 5.01. The summed E-state index contributed by atoms with van der Waals surface area (Å²) in [5.74, 6) is 0.245. The molecule has 1 fully saturated rings. The molecule has 2 heterocycles. The van der Waals surface area contributed by atoms with Crippen LogP contribution < -0.4 is 4.74 Å². The number of benzene rings is 1. The van der Waals surface area contributed by atoms with E-state index in [-0.39, 0.29) is 17.8 Å². The van der Waals surface area contributed by atoms with Crippen molar-refractivity contribution in [2.45, 2.75) is 25.7 Å². The Balaban J connectivity index is 1.85. The Morgan fingerprint density at radius 1 is 1.28 bits per heavy atom. The monoisotopic (exact) mass is 356 g/mol.